The largest absolute Gasteiger partial charge is 0.494 e. The zero-order chi connectivity index (χ0) is 15.8. The zero-order valence-corrected chi connectivity index (χ0v) is 13.6. The Hall–Kier alpha value is -2.16. The van der Waals surface area contributed by atoms with Crippen LogP contribution in [0.4, 0.5) is 5.69 Å². The first kappa shape index (κ1) is 16.2. The molecule has 0 aliphatic carbocycles. The van der Waals surface area contributed by atoms with Crippen molar-refractivity contribution >= 4 is 5.69 Å². The van der Waals surface area contributed by atoms with Crippen molar-refractivity contribution in [3.8, 4) is 11.5 Å². The highest BCUT2D eigenvalue weighted by molar-refractivity contribution is 5.48. The average molecular weight is 299 g/mol. The Labute approximate surface area is 133 Å². The summed E-state index contributed by atoms with van der Waals surface area (Å²) in [6.45, 7) is 7.70. The lowest BCUT2D eigenvalue weighted by atomic mass is 10.2. The van der Waals surface area contributed by atoms with Gasteiger partial charge < -0.3 is 14.8 Å². The van der Waals surface area contributed by atoms with Crippen LogP contribution in [0.2, 0.25) is 0 Å². The number of hydrogen-bond donors (Lipinski definition) is 1. The van der Waals surface area contributed by atoms with E-state index in [4.69, 9.17) is 9.47 Å². The average Bonchev–Trinajstić information content (AvgIpc) is 2.52. The van der Waals surface area contributed by atoms with Crippen molar-refractivity contribution in [2.24, 2.45) is 0 Å². The van der Waals surface area contributed by atoms with Crippen LogP contribution in [0.15, 0.2) is 48.5 Å². The molecule has 0 radical (unpaired) electrons. The van der Waals surface area contributed by atoms with Gasteiger partial charge in [0, 0.05) is 18.3 Å². The number of hydrogen-bond acceptors (Lipinski definition) is 3. The Morgan fingerprint density at radius 2 is 1.77 bits per heavy atom. The molecule has 3 heteroatoms. The molecule has 0 aromatic heterocycles. The third-order valence-corrected chi connectivity index (χ3v) is 3.10. The molecule has 2 aromatic rings. The van der Waals surface area contributed by atoms with Gasteiger partial charge in [-0.25, -0.2) is 0 Å². The maximum Gasteiger partial charge on any atom is 0.121 e. The molecule has 0 unspecified atom stereocenters. The van der Waals surface area contributed by atoms with Crippen LogP contribution in [0.1, 0.15) is 32.8 Å². The van der Waals surface area contributed by atoms with Gasteiger partial charge in [-0.3, -0.25) is 0 Å². The van der Waals surface area contributed by atoms with Crippen molar-refractivity contribution in [3.05, 3.63) is 54.1 Å². The van der Waals surface area contributed by atoms with Crippen LogP contribution >= 0.6 is 0 Å². The first-order chi connectivity index (χ1) is 10.7. The van der Waals surface area contributed by atoms with Crippen molar-refractivity contribution in [3.63, 3.8) is 0 Å². The molecule has 0 spiro atoms. The van der Waals surface area contributed by atoms with Crippen molar-refractivity contribution in [1.82, 2.24) is 0 Å². The topological polar surface area (TPSA) is 30.5 Å². The van der Waals surface area contributed by atoms with E-state index in [2.05, 4.69) is 30.4 Å². The van der Waals surface area contributed by atoms with Crippen LogP contribution in [-0.4, -0.2) is 12.7 Å². The minimum absolute atomic E-state index is 0.204. The van der Waals surface area contributed by atoms with E-state index < -0.39 is 0 Å². The van der Waals surface area contributed by atoms with E-state index in [1.54, 1.807) is 0 Å². The molecule has 0 heterocycles. The molecule has 0 aliphatic rings. The molecule has 0 saturated carbocycles. The van der Waals surface area contributed by atoms with E-state index >= 15 is 0 Å². The van der Waals surface area contributed by atoms with Gasteiger partial charge in [0.2, 0.25) is 0 Å². The fourth-order valence-corrected chi connectivity index (χ4v) is 2.08. The highest BCUT2D eigenvalue weighted by Crippen LogP contribution is 2.19. The number of nitrogens with one attached hydrogen (secondary N) is 1. The molecular formula is C19H25NO2. The van der Waals surface area contributed by atoms with E-state index in [-0.39, 0.29) is 6.10 Å². The number of ether oxygens (including phenoxy) is 2. The lowest BCUT2D eigenvalue weighted by Gasteiger charge is -2.11. The van der Waals surface area contributed by atoms with Gasteiger partial charge in [0.1, 0.15) is 11.5 Å². The quantitative estimate of drug-likeness (QED) is 0.754. The Kier molecular flexibility index (Phi) is 6.13. The lowest BCUT2D eigenvalue weighted by molar-refractivity contribution is 0.242. The number of benzene rings is 2. The van der Waals surface area contributed by atoms with Gasteiger partial charge in [0.05, 0.1) is 12.7 Å². The normalized spacial score (nSPS) is 10.5. The second-order valence-electron chi connectivity index (χ2n) is 5.54. The van der Waals surface area contributed by atoms with Gasteiger partial charge in [-0.2, -0.15) is 0 Å². The maximum absolute atomic E-state index is 5.65. The summed E-state index contributed by atoms with van der Waals surface area (Å²) in [4.78, 5) is 0. The molecule has 0 aliphatic heterocycles. The summed E-state index contributed by atoms with van der Waals surface area (Å²) in [6.07, 6.45) is 1.22. The van der Waals surface area contributed by atoms with Crippen LogP contribution in [0.5, 0.6) is 11.5 Å². The monoisotopic (exact) mass is 299 g/mol. The Balaban J connectivity index is 1.89. The van der Waals surface area contributed by atoms with Crippen LogP contribution in [0.25, 0.3) is 0 Å². The minimum atomic E-state index is 0.204. The lowest BCUT2D eigenvalue weighted by Crippen LogP contribution is -2.05. The third-order valence-electron chi connectivity index (χ3n) is 3.10. The zero-order valence-electron chi connectivity index (χ0n) is 13.6. The number of anilines is 1. The van der Waals surface area contributed by atoms with Crippen LogP contribution < -0.4 is 14.8 Å². The smallest absolute Gasteiger partial charge is 0.121 e. The van der Waals surface area contributed by atoms with Crippen LogP contribution in [-0.2, 0) is 6.54 Å². The summed E-state index contributed by atoms with van der Waals surface area (Å²) in [5, 5.41) is 3.42. The van der Waals surface area contributed by atoms with E-state index in [9.17, 15) is 0 Å². The molecule has 1 N–H and O–H groups in total. The van der Waals surface area contributed by atoms with E-state index in [1.807, 2.05) is 44.2 Å². The van der Waals surface area contributed by atoms with Gasteiger partial charge in [-0.1, -0.05) is 25.1 Å². The van der Waals surface area contributed by atoms with Gasteiger partial charge in [-0.15, -0.1) is 0 Å². The summed E-state index contributed by atoms with van der Waals surface area (Å²) in [5.74, 6) is 1.82. The molecule has 0 amide bonds. The molecule has 118 valence electrons. The summed E-state index contributed by atoms with van der Waals surface area (Å²) in [5.41, 5.74) is 2.28. The molecule has 2 rings (SSSR count). The molecule has 0 bridgehead atoms. The van der Waals surface area contributed by atoms with Gasteiger partial charge in [0.15, 0.2) is 0 Å². The van der Waals surface area contributed by atoms with Crippen LogP contribution in [0.3, 0.4) is 0 Å². The van der Waals surface area contributed by atoms with Gasteiger partial charge in [0.25, 0.3) is 0 Å². The fraction of sp³-hybridized carbons (Fsp3) is 0.368. The number of rotatable bonds is 8. The summed E-state index contributed by atoms with van der Waals surface area (Å²) in [7, 11) is 0. The van der Waals surface area contributed by atoms with E-state index in [1.165, 1.54) is 5.56 Å². The second-order valence-corrected chi connectivity index (χ2v) is 5.54. The predicted molar refractivity (Wildman–Crippen MR) is 91.8 cm³/mol. The van der Waals surface area contributed by atoms with E-state index in [0.29, 0.717) is 0 Å². The SMILES string of the molecule is CCCOc1cccc(NCc2ccc(OC(C)C)cc2)c1. The third kappa shape index (κ3) is 5.32. The Morgan fingerprint density at radius 3 is 2.45 bits per heavy atom. The summed E-state index contributed by atoms with van der Waals surface area (Å²) < 4.78 is 11.3. The van der Waals surface area contributed by atoms with Crippen molar-refractivity contribution in [1.29, 1.82) is 0 Å². The molecule has 0 saturated heterocycles. The van der Waals surface area contributed by atoms with Crippen molar-refractivity contribution in [2.45, 2.75) is 39.8 Å². The molecule has 22 heavy (non-hydrogen) atoms. The fourth-order valence-electron chi connectivity index (χ4n) is 2.08. The highest BCUT2D eigenvalue weighted by Gasteiger charge is 2.00. The van der Waals surface area contributed by atoms with E-state index in [0.717, 1.165) is 36.8 Å². The first-order valence-corrected chi connectivity index (χ1v) is 7.89. The summed E-state index contributed by atoms with van der Waals surface area (Å²) in [6, 6.07) is 16.3. The molecular weight excluding hydrogens is 274 g/mol. The van der Waals surface area contributed by atoms with Crippen molar-refractivity contribution < 1.29 is 9.47 Å². The molecule has 2 aromatic carbocycles. The van der Waals surface area contributed by atoms with Crippen LogP contribution in [0, 0.1) is 0 Å². The minimum Gasteiger partial charge on any atom is -0.494 e. The Bertz CT molecular complexity index is 564. The van der Waals surface area contributed by atoms with Crippen molar-refractivity contribution in [2.75, 3.05) is 11.9 Å². The second kappa shape index (κ2) is 8.32. The standard InChI is InChI=1S/C19H25NO2/c1-4-12-21-19-7-5-6-17(13-19)20-14-16-8-10-18(11-9-16)22-15(2)3/h5-11,13,15,20H,4,12,14H2,1-3H3. The first-order valence-electron chi connectivity index (χ1n) is 7.89. The van der Waals surface area contributed by atoms with Gasteiger partial charge >= 0.3 is 0 Å². The molecule has 0 atom stereocenters. The highest BCUT2D eigenvalue weighted by atomic mass is 16.5. The molecule has 0 fully saturated rings. The molecule has 3 nitrogen and oxygen atoms in total. The Morgan fingerprint density at radius 1 is 1.00 bits per heavy atom. The summed E-state index contributed by atoms with van der Waals surface area (Å²) >= 11 is 0. The predicted octanol–water partition coefficient (Wildman–Crippen LogP) is 4.87. The maximum atomic E-state index is 5.65. The van der Waals surface area contributed by atoms with Gasteiger partial charge in [-0.05, 0) is 50.1 Å².